The summed E-state index contributed by atoms with van der Waals surface area (Å²) in [6, 6.07) is 10.3. The van der Waals surface area contributed by atoms with E-state index in [-0.39, 0.29) is 5.82 Å². The van der Waals surface area contributed by atoms with Gasteiger partial charge in [0, 0.05) is 24.2 Å². The van der Waals surface area contributed by atoms with Crippen LogP contribution in [0, 0.1) is 5.82 Å². The first-order chi connectivity index (χ1) is 11.2. The van der Waals surface area contributed by atoms with Crippen molar-refractivity contribution in [3.05, 3.63) is 47.9 Å². The van der Waals surface area contributed by atoms with E-state index in [1.54, 1.807) is 13.2 Å². The Kier molecular flexibility index (Phi) is 4.91. The minimum atomic E-state index is -0.315. The van der Waals surface area contributed by atoms with E-state index in [1.807, 2.05) is 18.2 Å². The molecule has 4 heteroatoms. The molecule has 0 spiro atoms. The molecule has 122 valence electrons. The van der Waals surface area contributed by atoms with Gasteiger partial charge in [0.2, 0.25) is 5.88 Å². The van der Waals surface area contributed by atoms with E-state index in [2.05, 4.69) is 22.9 Å². The second kappa shape index (κ2) is 7.09. The zero-order chi connectivity index (χ0) is 16.2. The molecule has 3 rings (SSSR count). The van der Waals surface area contributed by atoms with Gasteiger partial charge in [0.1, 0.15) is 5.82 Å². The number of pyridine rings is 1. The van der Waals surface area contributed by atoms with E-state index >= 15 is 0 Å². The van der Waals surface area contributed by atoms with Gasteiger partial charge < -0.3 is 4.74 Å². The van der Waals surface area contributed by atoms with E-state index in [9.17, 15) is 4.39 Å². The largest absolute Gasteiger partial charge is 0.481 e. The SMILES string of the molecule is COc1cc(-c2ccccc2CN2CCCC[C@@H]2C)c(F)cn1. The van der Waals surface area contributed by atoms with Gasteiger partial charge in [0.25, 0.3) is 0 Å². The van der Waals surface area contributed by atoms with E-state index in [4.69, 9.17) is 4.74 Å². The Morgan fingerprint density at radius 2 is 2.09 bits per heavy atom. The molecule has 1 atom stereocenters. The molecule has 1 aliphatic heterocycles. The van der Waals surface area contributed by atoms with Crippen molar-refractivity contribution in [2.24, 2.45) is 0 Å². The summed E-state index contributed by atoms with van der Waals surface area (Å²) < 4.78 is 19.4. The van der Waals surface area contributed by atoms with Gasteiger partial charge in [-0.2, -0.15) is 0 Å². The standard InChI is InChI=1S/C19H23FN2O/c1-14-7-5-6-10-22(14)13-15-8-3-4-9-16(15)17-11-19(23-2)21-12-18(17)20/h3-4,8-9,11-12,14H,5-7,10,13H2,1-2H3/t14-/m0/s1. The number of nitrogens with zero attached hydrogens (tertiary/aromatic N) is 2. The lowest BCUT2D eigenvalue weighted by Crippen LogP contribution is -2.36. The first-order valence-electron chi connectivity index (χ1n) is 8.21. The van der Waals surface area contributed by atoms with Crippen molar-refractivity contribution in [3.63, 3.8) is 0 Å². The first kappa shape index (κ1) is 15.9. The highest BCUT2D eigenvalue weighted by Crippen LogP contribution is 2.30. The second-order valence-electron chi connectivity index (χ2n) is 6.18. The minimum Gasteiger partial charge on any atom is -0.481 e. The molecule has 2 aromatic rings. The third-order valence-electron chi connectivity index (χ3n) is 4.66. The van der Waals surface area contributed by atoms with Crippen molar-refractivity contribution in [1.29, 1.82) is 0 Å². The fourth-order valence-corrected chi connectivity index (χ4v) is 3.27. The summed E-state index contributed by atoms with van der Waals surface area (Å²) in [6.07, 6.45) is 5.01. The van der Waals surface area contributed by atoms with Crippen LogP contribution in [0.2, 0.25) is 0 Å². The maximum atomic E-state index is 14.3. The summed E-state index contributed by atoms with van der Waals surface area (Å²) in [5.74, 6) is 0.118. The molecule has 0 unspecified atom stereocenters. The minimum absolute atomic E-state index is 0.315. The maximum Gasteiger partial charge on any atom is 0.213 e. The molecule has 0 aliphatic carbocycles. The van der Waals surface area contributed by atoms with Crippen molar-refractivity contribution in [2.45, 2.75) is 38.8 Å². The Morgan fingerprint density at radius 3 is 2.87 bits per heavy atom. The van der Waals surface area contributed by atoms with Crippen molar-refractivity contribution in [3.8, 4) is 17.0 Å². The predicted molar refractivity (Wildman–Crippen MR) is 89.9 cm³/mol. The Hall–Kier alpha value is -1.94. The molecule has 0 radical (unpaired) electrons. The molecule has 0 N–H and O–H groups in total. The zero-order valence-electron chi connectivity index (χ0n) is 13.8. The molecule has 3 nitrogen and oxygen atoms in total. The molecule has 1 saturated heterocycles. The van der Waals surface area contributed by atoms with Gasteiger partial charge in [-0.15, -0.1) is 0 Å². The number of methoxy groups -OCH3 is 1. The number of benzene rings is 1. The van der Waals surface area contributed by atoms with Crippen LogP contribution in [0.25, 0.3) is 11.1 Å². The number of rotatable bonds is 4. The molecule has 0 saturated carbocycles. The van der Waals surface area contributed by atoms with Gasteiger partial charge in [0.15, 0.2) is 0 Å². The fourth-order valence-electron chi connectivity index (χ4n) is 3.27. The van der Waals surface area contributed by atoms with Crippen molar-refractivity contribution >= 4 is 0 Å². The lowest BCUT2D eigenvalue weighted by atomic mass is 9.97. The average Bonchev–Trinajstić information content (AvgIpc) is 2.58. The smallest absolute Gasteiger partial charge is 0.213 e. The predicted octanol–water partition coefficient (Wildman–Crippen LogP) is 4.27. The number of ether oxygens (including phenoxy) is 1. The quantitative estimate of drug-likeness (QED) is 0.842. The van der Waals surface area contributed by atoms with Crippen LogP contribution in [0.15, 0.2) is 36.5 Å². The van der Waals surface area contributed by atoms with Crippen molar-refractivity contribution < 1.29 is 9.13 Å². The Bertz CT molecular complexity index is 674. The molecule has 0 bridgehead atoms. The monoisotopic (exact) mass is 314 g/mol. The summed E-state index contributed by atoms with van der Waals surface area (Å²) in [4.78, 5) is 6.42. The van der Waals surface area contributed by atoms with Crippen molar-refractivity contribution in [1.82, 2.24) is 9.88 Å². The van der Waals surface area contributed by atoms with Crippen LogP contribution in [-0.2, 0) is 6.54 Å². The maximum absolute atomic E-state index is 14.3. The third-order valence-corrected chi connectivity index (χ3v) is 4.66. The highest BCUT2D eigenvalue weighted by molar-refractivity contribution is 5.68. The van der Waals surface area contributed by atoms with Crippen LogP contribution in [0.4, 0.5) is 4.39 Å². The first-order valence-corrected chi connectivity index (χ1v) is 8.21. The lowest BCUT2D eigenvalue weighted by Gasteiger charge is -2.33. The number of aromatic nitrogens is 1. The summed E-state index contributed by atoms with van der Waals surface area (Å²) in [6.45, 7) is 4.23. The third kappa shape index (κ3) is 3.53. The summed E-state index contributed by atoms with van der Waals surface area (Å²) in [7, 11) is 1.55. The van der Waals surface area contributed by atoms with Crippen LogP contribution in [0.3, 0.4) is 0 Å². The van der Waals surface area contributed by atoms with Crippen LogP contribution in [-0.4, -0.2) is 29.6 Å². The molecule has 0 amide bonds. The van der Waals surface area contributed by atoms with Crippen LogP contribution in [0.5, 0.6) is 5.88 Å². The number of halogens is 1. The average molecular weight is 314 g/mol. The number of hydrogen-bond donors (Lipinski definition) is 0. The van der Waals surface area contributed by atoms with E-state index in [1.165, 1.54) is 25.5 Å². The fraction of sp³-hybridized carbons (Fsp3) is 0.421. The van der Waals surface area contributed by atoms with E-state index < -0.39 is 0 Å². The zero-order valence-corrected chi connectivity index (χ0v) is 13.8. The lowest BCUT2D eigenvalue weighted by molar-refractivity contribution is 0.153. The summed E-state index contributed by atoms with van der Waals surface area (Å²) in [5, 5.41) is 0. The number of likely N-dealkylation sites (tertiary alicyclic amines) is 1. The highest BCUT2D eigenvalue weighted by atomic mass is 19.1. The van der Waals surface area contributed by atoms with Gasteiger partial charge in [-0.25, -0.2) is 9.37 Å². The van der Waals surface area contributed by atoms with Gasteiger partial charge >= 0.3 is 0 Å². The van der Waals surface area contributed by atoms with E-state index in [0.717, 1.165) is 24.2 Å². The normalized spacial score (nSPS) is 18.8. The Labute approximate surface area is 137 Å². The summed E-state index contributed by atoms with van der Waals surface area (Å²) in [5.41, 5.74) is 2.62. The number of piperidine rings is 1. The van der Waals surface area contributed by atoms with Gasteiger partial charge in [-0.3, -0.25) is 4.90 Å². The van der Waals surface area contributed by atoms with Crippen LogP contribution in [0.1, 0.15) is 31.7 Å². The molecule has 1 aliphatic rings. The molecule has 1 aromatic heterocycles. The highest BCUT2D eigenvalue weighted by Gasteiger charge is 2.20. The topological polar surface area (TPSA) is 25.4 Å². The molecule has 1 fully saturated rings. The van der Waals surface area contributed by atoms with Gasteiger partial charge in [0.05, 0.1) is 13.3 Å². The number of hydrogen-bond acceptors (Lipinski definition) is 3. The van der Waals surface area contributed by atoms with Gasteiger partial charge in [-0.05, 0) is 37.4 Å². The van der Waals surface area contributed by atoms with Crippen LogP contribution >= 0.6 is 0 Å². The molecular weight excluding hydrogens is 291 g/mol. The Morgan fingerprint density at radius 1 is 1.26 bits per heavy atom. The van der Waals surface area contributed by atoms with Gasteiger partial charge in [-0.1, -0.05) is 30.7 Å². The van der Waals surface area contributed by atoms with Crippen LogP contribution < -0.4 is 4.74 Å². The second-order valence-corrected chi connectivity index (χ2v) is 6.18. The Balaban J connectivity index is 1.94. The van der Waals surface area contributed by atoms with E-state index in [0.29, 0.717) is 17.5 Å². The molecule has 23 heavy (non-hydrogen) atoms. The molecular formula is C19H23FN2O. The molecule has 1 aromatic carbocycles. The van der Waals surface area contributed by atoms with Crippen molar-refractivity contribution in [2.75, 3.05) is 13.7 Å². The summed E-state index contributed by atoms with van der Waals surface area (Å²) >= 11 is 0. The molecule has 2 heterocycles.